The minimum Gasteiger partial charge on any atom is -0.484 e. The molecule has 0 aliphatic heterocycles. The Morgan fingerprint density at radius 2 is 1.97 bits per heavy atom. The van der Waals surface area contributed by atoms with E-state index in [-0.39, 0.29) is 46.2 Å². The number of nitrogens with one attached hydrogen (secondary N) is 2. The fraction of sp³-hybridized carbons (Fsp3) is 0.478. The van der Waals surface area contributed by atoms with Crippen molar-refractivity contribution in [3.8, 4) is 5.75 Å². The van der Waals surface area contributed by atoms with Crippen LogP contribution < -0.4 is 15.4 Å². The number of aryl methyl sites for hydroxylation is 1. The lowest BCUT2D eigenvalue weighted by atomic mass is 9.56. The number of fused-ring (bicyclic) bond motifs is 3. The summed E-state index contributed by atoms with van der Waals surface area (Å²) >= 11 is 5.67. The zero-order valence-electron chi connectivity index (χ0n) is 18.1. The van der Waals surface area contributed by atoms with Gasteiger partial charge in [-0.25, -0.2) is 9.37 Å². The fourth-order valence-electron chi connectivity index (χ4n) is 4.99. The first-order chi connectivity index (χ1) is 15.2. The number of nitrogens with zero attached hydrogens (tertiary/aromatic N) is 2. The molecule has 3 aliphatic rings. The van der Waals surface area contributed by atoms with Gasteiger partial charge in [0.2, 0.25) is 0 Å². The molecule has 3 fully saturated rings. The number of hydrogen-bond donors (Lipinski definition) is 2. The summed E-state index contributed by atoms with van der Waals surface area (Å²) in [5.74, 6) is -0.623. The molecule has 32 heavy (non-hydrogen) atoms. The molecule has 3 saturated carbocycles. The molecule has 1 heterocycles. The first-order valence-corrected chi connectivity index (χ1v) is 11.1. The summed E-state index contributed by atoms with van der Waals surface area (Å²) in [6.45, 7) is 3.70. The number of amides is 2. The van der Waals surface area contributed by atoms with E-state index in [1.54, 1.807) is 13.1 Å². The highest BCUT2D eigenvalue weighted by Crippen LogP contribution is 2.50. The van der Waals surface area contributed by atoms with Crippen molar-refractivity contribution in [2.45, 2.75) is 57.0 Å². The number of benzene rings is 1. The normalized spacial score (nSPS) is 26.4. The van der Waals surface area contributed by atoms with Crippen molar-refractivity contribution < 1.29 is 18.7 Å². The summed E-state index contributed by atoms with van der Waals surface area (Å²) in [5.41, 5.74) is 0.381. The molecule has 0 spiro atoms. The molecule has 3 aliphatic carbocycles. The third-order valence-electron chi connectivity index (χ3n) is 6.76. The van der Waals surface area contributed by atoms with Crippen LogP contribution in [0.25, 0.3) is 0 Å². The van der Waals surface area contributed by atoms with Crippen LogP contribution in [-0.2, 0) is 4.79 Å². The Labute approximate surface area is 191 Å². The summed E-state index contributed by atoms with van der Waals surface area (Å²) < 4.78 is 19.0. The van der Waals surface area contributed by atoms with Crippen molar-refractivity contribution in [1.82, 2.24) is 20.6 Å². The molecule has 0 radical (unpaired) electrons. The number of hydrogen-bond acceptors (Lipinski definition) is 5. The van der Waals surface area contributed by atoms with Crippen LogP contribution in [0.5, 0.6) is 5.75 Å². The van der Waals surface area contributed by atoms with Crippen LogP contribution in [0, 0.1) is 18.7 Å². The van der Waals surface area contributed by atoms with Gasteiger partial charge < -0.3 is 15.4 Å². The standard InChI is InChI=1S/C23H26ClFN4O3/c1-14-10-22(28-20(30)13-32-16-3-4-17(24)18(25)9-16)5-7-23(14,8-6-22)29-21(31)19-12-26-11-15(2)27-19/h3-4,9,11-12,14H,5-8,10,13H2,1-2H3,(H,28,30)(H,29,31)/t14-,22?,23?/m0/s1. The number of aromatic nitrogens is 2. The van der Waals surface area contributed by atoms with Gasteiger partial charge in [-0.15, -0.1) is 0 Å². The van der Waals surface area contributed by atoms with Gasteiger partial charge in [0, 0.05) is 23.3 Å². The number of rotatable bonds is 6. The third kappa shape index (κ3) is 4.55. The van der Waals surface area contributed by atoms with E-state index < -0.39 is 5.82 Å². The Morgan fingerprint density at radius 1 is 1.22 bits per heavy atom. The molecule has 0 unspecified atom stereocenters. The first kappa shape index (κ1) is 22.5. The van der Waals surface area contributed by atoms with E-state index in [0.29, 0.717) is 11.4 Å². The highest BCUT2D eigenvalue weighted by Gasteiger charge is 2.54. The van der Waals surface area contributed by atoms with E-state index in [9.17, 15) is 14.0 Å². The number of carbonyl (C=O) groups is 2. The summed E-state index contributed by atoms with van der Waals surface area (Å²) in [6.07, 6.45) is 6.91. The molecule has 7 nitrogen and oxygen atoms in total. The Kier molecular flexibility index (Phi) is 6.07. The van der Waals surface area contributed by atoms with Gasteiger partial charge in [-0.2, -0.15) is 0 Å². The first-order valence-electron chi connectivity index (χ1n) is 10.7. The molecule has 2 amide bonds. The summed E-state index contributed by atoms with van der Waals surface area (Å²) in [7, 11) is 0. The Hall–Kier alpha value is -2.74. The highest BCUT2D eigenvalue weighted by atomic mass is 35.5. The molecule has 2 N–H and O–H groups in total. The zero-order valence-corrected chi connectivity index (χ0v) is 18.8. The summed E-state index contributed by atoms with van der Waals surface area (Å²) in [5, 5.41) is 6.36. The molecular formula is C23H26ClFN4O3. The third-order valence-corrected chi connectivity index (χ3v) is 7.06. The van der Waals surface area contributed by atoms with Crippen LogP contribution in [0.2, 0.25) is 5.02 Å². The Bertz CT molecular complexity index is 1040. The second-order valence-electron chi connectivity index (χ2n) is 8.95. The number of ether oxygens (including phenoxy) is 1. The minimum absolute atomic E-state index is 0.00380. The topological polar surface area (TPSA) is 93.2 Å². The van der Waals surface area contributed by atoms with Gasteiger partial charge in [0.15, 0.2) is 6.61 Å². The zero-order chi connectivity index (χ0) is 22.9. The van der Waals surface area contributed by atoms with Crippen LogP contribution >= 0.6 is 11.6 Å². The molecule has 0 saturated heterocycles. The molecular weight excluding hydrogens is 435 g/mol. The SMILES string of the molecule is Cc1cncc(C(=O)NC23CCC(NC(=O)COc4ccc(Cl)c(F)c4)(CC2)C[C@@H]3C)n1. The summed E-state index contributed by atoms with van der Waals surface area (Å²) in [6, 6.07) is 4.08. The van der Waals surface area contributed by atoms with E-state index in [1.807, 2.05) is 0 Å². The van der Waals surface area contributed by atoms with Crippen molar-refractivity contribution in [2.24, 2.45) is 5.92 Å². The lowest BCUT2D eigenvalue weighted by Crippen LogP contribution is -2.67. The molecule has 2 bridgehead atoms. The van der Waals surface area contributed by atoms with Gasteiger partial charge in [-0.05, 0) is 57.1 Å². The van der Waals surface area contributed by atoms with Crippen LogP contribution in [-0.4, -0.2) is 39.5 Å². The lowest BCUT2D eigenvalue weighted by Gasteiger charge is -2.57. The van der Waals surface area contributed by atoms with Gasteiger partial charge in [-0.3, -0.25) is 14.6 Å². The highest BCUT2D eigenvalue weighted by molar-refractivity contribution is 6.30. The quantitative estimate of drug-likeness (QED) is 0.687. The molecule has 170 valence electrons. The monoisotopic (exact) mass is 460 g/mol. The van der Waals surface area contributed by atoms with Gasteiger partial charge in [0.25, 0.3) is 11.8 Å². The lowest BCUT2D eigenvalue weighted by molar-refractivity contribution is -0.127. The predicted octanol–water partition coefficient (Wildman–Crippen LogP) is 3.59. The number of carbonyl (C=O) groups excluding carboxylic acids is 2. The molecule has 1 aromatic carbocycles. The minimum atomic E-state index is -0.591. The van der Waals surface area contributed by atoms with E-state index in [1.165, 1.54) is 18.3 Å². The average Bonchev–Trinajstić information content (AvgIpc) is 2.76. The second kappa shape index (κ2) is 8.65. The van der Waals surface area contributed by atoms with Crippen molar-refractivity contribution >= 4 is 23.4 Å². The molecule has 5 rings (SSSR count). The van der Waals surface area contributed by atoms with Crippen molar-refractivity contribution in [3.63, 3.8) is 0 Å². The Morgan fingerprint density at radius 3 is 2.62 bits per heavy atom. The fourth-order valence-corrected chi connectivity index (χ4v) is 5.11. The van der Waals surface area contributed by atoms with Crippen LogP contribution in [0.4, 0.5) is 4.39 Å². The molecule has 9 heteroatoms. The van der Waals surface area contributed by atoms with Crippen molar-refractivity contribution in [3.05, 3.63) is 52.8 Å². The van der Waals surface area contributed by atoms with Crippen molar-refractivity contribution in [2.75, 3.05) is 6.61 Å². The largest absolute Gasteiger partial charge is 0.484 e. The smallest absolute Gasteiger partial charge is 0.271 e. The summed E-state index contributed by atoms with van der Waals surface area (Å²) in [4.78, 5) is 33.7. The van der Waals surface area contributed by atoms with Gasteiger partial charge in [0.1, 0.15) is 17.3 Å². The predicted molar refractivity (Wildman–Crippen MR) is 117 cm³/mol. The van der Waals surface area contributed by atoms with Crippen LogP contribution in [0.15, 0.2) is 30.6 Å². The van der Waals surface area contributed by atoms with E-state index in [2.05, 4.69) is 27.5 Å². The molecule has 1 aromatic heterocycles. The maximum absolute atomic E-state index is 13.5. The van der Waals surface area contributed by atoms with E-state index >= 15 is 0 Å². The Balaban J connectivity index is 1.35. The molecule has 2 aromatic rings. The van der Waals surface area contributed by atoms with Gasteiger partial charge in [0.05, 0.1) is 16.9 Å². The van der Waals surface area contributed by atoms with Crippen LogP contribution in [0.3, 0.4) is 0 Å². The maximum atomic E-state index is 13.5. The van der Waals surface area contributed by atoms with E-state index in [0.717, 1.165) is 38.2 Å². The maximum Gasteiger partial charge on any atom is 0.271 e. The van der Waals surface area contributed by atoms with Gasteiger partial charge >= 0.3 is 0 Å². The van der Waals surface area contributed by atoms with Gasteiger partial charge in [-0.1, -0.05) is 18.5 Å². The van der Waals surface area contributed by atoms with E-state index in [4.69, 9.17) is 16.3 Å². The molecule has 1 atom stereocenters. The second-order valence-corrected chi connectivity index (χ2v) is 9.36. The van der Waals surface area contributed by atoms with Crippen LogP contribution in [0.1, 0.15) is 55.2 Å². The number of halogens is 2. The average molecular weight is 461 g/mol. The van der Waals surface area contributed by atoms with Crippen molar-refractivity contribution in [1.29, 1.82) is 0 Å².